The molecule has 0 saturated carbocycles. The number of piperazine rings is 1. The predicted octanol–water partition coefficient (Wildman–Crippen LogP) is 3.33. The fourth-order valence-corrected chi connectivity index (χ4v) is 4.58. The molecule has 0 atom stereocenters. The highest BCUT2D eigenvalue weighted by Crippen LogP contribution is 2.24. The predicted molar refractivity (Wildman–Crippen MR) is 104 cm³/mol. The van der Waals surface area contributed by atoms with Crippen molar-refractivity contribution >= 4 is 15.7 Å². The molecule has 3 rings (SSSR count). The normalized spacial score (nSPS) is 16.1. The van der Waals surface area contributed by atoms with E-state index in [1.165, 1.54) is 0 Å². The monoisotopic (exact) mass is 374 g/mol. The van der Waals surface area contributed by atoms with E-state index >= 15 is 0 Å². The van der Waals surface area contributed by atoms with Gasteiger partial charge < -0.3 is 9.64 Å². The molecular weight excluding hydrogens is 348 g/mol. The summed E-state index contributed by atoms with van der Waals surface area (Å²) in [7, 11) is -1.79. The van der Waals surface area contributed by atoms with Crippen LogP contribution in [0.4, 0.5) is 5.69 Å². The number of hydrogen-bond acceptors (Lipinski definition) is 4. The Morgan fingerprint density at radius 1 is 0.885 bits per heavy atom. The van der Waals surface area contributed by atoms with Gasteiger partial charge >= 0.3 is 0 Å². The van der Waals surface area contributed by atoms with Crippen LogP contribution in [0.25, 0.3) is 0 Å². The van der Waals surface area contributed by atoms with Crippen LogP contribution in [0.3, 0.4) is 0 Å². The zero-order chi connectivity index (χ0) is 18.7. The van der Waals surface area contributed by atoms with Crippen molar-refractivity contribution < 1.29 is 13.2 Å². The standard InChI is InChI=1S/C20H26N2O3S/c1-16(2)17-4-10-20(11-5-17)26(23,24)22-14-12-21(13-15-22)18-6-8-19(25-3)9-7-18/h4-11,16H,12-15H2,1-3H3. The van der Waals surface area contributed by atoms with Crippen LogP contribution >= 0.6 is 0 Å². The number of ether oxygens (including phenoxy) is 1. The highest BCUT2D eigenvalue weighted by Gasteiger charge is 2.28. The van der Waals surface area contributed by atoms with Crippen molar-refractivity contribution in [1.82, 2.24) is 4.31 Å². The quantitative estimate of drug-likeness (QED) is 0.805. The van der Waals surface area contributed by atoms with Gasteiger partial charge in [0, 0.05) is 31.9 Å². The molecule has 1 aliphatic heterocycles. The zero-order valence-electron chi connectivity index (χ0n) is 15.6. The summed E-state index contributed by atoms with van der Waals surface area (Å²) in [4.78, 5) is 2.58. The van der Waals surface area contributed by atoms with Gasteiger partial charge in [-0.2, -0.15) is 4.31 Å². The van der Waals surface area contributed by atoms with Crippen molar-refractivity contribution in [2.75, 3.05) is 38.2 Å². The average Bonchev–Trinajstić information content (AvgIpc) is 2.68. The van der Waals surface area contributed by atoms with Crippen LogP contribution in [-0.4, -0.2) is 46.0 Å². The Labute approximate surface area is 156 Å². The van der Waals surface area contributed by atoms with E-state index in [0.29, 0.717) is 37.0 Å². The van der Waals surface area contributed by atoms with Gasteiger partial charge in [-0.25, -0.2) is 8.42 Å². The summed E-state index contributed by atoms with van der Waals surface area (Å²) < 4.78 is 32.5. The van der Waals surface area contributed by atoms with Crippen LogP contribution in [0.2, 0.25) is 0 Å². The molecule has 6 heteroatoms. The van der Waals surface area contributed by atoms with E-state index in [-0.39, 0.29) is 0 Å². The summed E-state index contributed by atoms with van der Waals surface area (Å²) in [6.07, 6.45) is 0. The molecule has 1 heterocycles. The summed E-state index contributed by atoms with van der Waals surface area (Å²) in [6.45, 7) is 6.52. The molecule has 2 aromatic carbocycles. The summed E-state index contributed by atoms with van der Waals surface area (Å²) in [5.41, 5.74) is 2.23. The number of methoxy groups -OCH3 is 1. The van der Waals surface area contributed by atoms with Crippen LogP contribution in [0.5, 0.6) is 5.75 Å². The summed E-state index contributed by atoms with van der Waals surface area (Å²) in [5.74, 6) is 1.21. The largest absolute Gasteiger partial charge is 0.497 e. The van der Waals surface area contributed by atoms with Crippen molar-refractivity contribution in [3.8, 4) is 5.75 Å². The Bertz CT molecular complexity index is 822. The lowest BCUT2D eigenvalue weighted by atomic mass is 10.0. The Kier molecular flexibility index (Phi) is 5.53. The molecule has 1 saturated heterocycles. The van der Waals surface area contributed by atoms with Gasteiger partial charge in [-0.15, -0.1) is 0 Å². The summed E-state index contributed by atoms with van der Waals surface area (Å²) in [5, 5.41) is 0. The van der Waals surface area contributed by atoms with E-state index in [9.17, 15) is 8.42 Å². The molecule has 0 amide bonds. The second-order valence-electron chi connectivity index (χ2n) is 6.81. The highest BCUT2D eigenvalue weighted by atomic mass is 32.2. The van der Waals surface area contributed by atoms with Gasteiger partial charge in [-0.3, -0.25) is 0 Å². The van der Waals surface area contributed by atoms with E-state index in [0.717, 1.165) is 17.0 Å². The van der Waals surface area contributed by atoms with E-state index in [1.807, 2.05) is 36.4 Å². The molecule has 0 aromatic heterocycles. The van der Waals surface area contributed by atoms with E-state index in [2.05, 4.69) is 18.7 Å². The van der Waals surface area contributed by atoms with Gasteiger partial charge in [0.05, 0.1) is 12.0 Å². The molecule has 0 radical (unpaired) electrons. The van der Waals surface area contributed by atoms with E-state index < -0.39 is 10.0 Å². The van der Waals surface area contributed by atoms with Crippen LogP contribution in [0, 0.1) is 0 Å². The number of sulfonamides is 1. The maximum atomic E-state index is 12.9. The molecule has 1 aliphatic rings. The molecule has 140 valence electrons. The van der Waals surface area contributed by atoms with Crippen molar-refractivity contribution in [2.24, 2.45) is 0 Å². The third-order valence-corrected chi connectivity index (χ3v) is 6.77. The maximum absolute atomic E-state index is 12.9. The molecule has 0 bridgehead atoms. The minimum atomic E-state index is -3.43. The Hall–Kier alpha value is -2.05. The molecular formula is C20H26N2O3S. The van der Waals surface area contributed by atoms with Crippen LogP contribution < -0.4 is 9.64 Å². The molecule has 0 unspecified atom stereocenters. The topological polar surface area (TPSA) is 49.9 Å². The maximum Gasteiger partial charge on any atom is 0.243 e. The second-order valence-corrected chi connectivity index (χ2v) is 8.75. The number of rotatable bonds is 5. The average molecular weight is 375 g/mol. The Morgan fingerprint density at radius 2 is 1.46 bits per heavy atom. The fourth-order valence-electron chi connectivity index (χ4n) is 3.15. The Balaban J connectivity index is 1.67. The van der Waals surface area contributed by atoms with Crippen molar-refractivity contribution in [1.29, 1.82) is 0 Å². The lowest BCUT2D eigenvalue weighted by molar-refractivity contribution is 0.384. The number of anilines is 1. The molecule has 2 aromatic rings. The second kappa shape index (κ2) is 7.68. The number of nitrogens with zero attached hydrogens (tertiary/aromatic N) is 2. The van der Waals surface area contributed by atoms with Gasteiger partial charge in [-0.1, -0.05) is 26.0 Å². The first-order valence-corrected chi connectivity index (χ1v) is 10.3. The summed E-state index contributed by atoms with van der Waals surface area (Å²) >= 11 is 0. The van der Waals surface area contributed by atoms with Gasteiger partial charge in [0.15, 0.2) is 0 Å². The smallest absolute Gasteiger partial charge is 0.243 e. The van der Waals surface area contributed by atoms with Crippen molar-refractivity contribution in [3.63, 3.8) is 0 Å². The van der Waals surface area contributed by atoms with Crippen molar-refractivity contribution in [3.05, 3.63) is 54.1 Å². The lowest BCUT2D eigenvalue weighted by Crippen LogP contribution is -2.48. The first kappa shape index (κ1) is 18.7. The highest BCUT2D eigenvalue weighted by molar-refractivity contribution is 7.89. The van der Waals surface area contributed by atoms with Crippen LogP contribution in [-0.2, 0) is 10.0 Å². The van der Waals surface area contributed by atoms with Crippen molar-refractivity contribution in [2.45, 2.75) is 24.7 Å². The summed E-state index contributed by atoms with van der Waals surface area (Å²) in [6, 6.07) is 15.1. The number of hydrogen-bond donors (Lipinski definition) is 0. The third-order valence-electron chi connectivity index (χ3n) is 4.86. The lowest BCUT2D eigenvalue weighted by Gasteiger charge is -2.35. The van der Waals surface area contributed by atoms with E-state index in [4.69, 9.17) is 4.74 Å². The van der Waals surface area contributed by atoms with E-state index in [1.54, 1.807) is 23.5 Å². The molecule has 0 N–H and O–H groups in total. The first-order chi connectivity index (χ1) is 12.4. The Morgan fingerprint density at radius 3 is 1.96 bits per heavy atom. The number of benzene rings is 2. The minimum Gasteiger partial charge on any atom is -0.497 e. The molecule has 0 spiro atoms. The zero-order valence-corrected chi connectivity index (χ0v) is 16.4. The minimum absolute atomic E-state index is 0.375. The van der Waals surface area contributed by atoms with Gasteiger partial charge in [0.2, 0.25) is 10.0 Å². The molecule has 0 aliphatic carbocycles. The van der Waals surface area contributed by atoms with Crippen LogP contribution in [0.1, 0.15) is 25.3 Å². The molecule has 26 heavy (non-hydrogen) atoms. The molecule has 1 fully saturated rings. The first-order valence-electron chi connectivity index (χ1n) is 8.91. The molecule has 5 nitrogen and oxygen atoms in total. The van der Waals surface area contributed by atoms with Gasteiger partial charge in [0.25, 0.3) is 0 Å². The fraction of sp³-hybridized carbons (Fsp3) is 0.400. The van der Waals surface area contributed by atoms with Crippen LogP contribution in [0.15, 0.2) is 53.4 Å². The third kappa shape index (κ3) is 3.86. The van der Waals surface area contributed by atoms with Gasteiger partial charge in [-0.05, 0) is 47.9 Å². The van der Waals surface area contributed by atoms with Gasteiger partial charge in [0.1, 0.15) is 5.75 Å². The SMILES string of the molecule is COc1ccc(N2CCN(S(=O)(=O)c3ccc(C(C)C)cc3)CC2)cc1.